The molecule has 2 amide bonds. The summed E-state index contributed by atoms with van der Waals surface area (Å²) >= 11 is 0. The number of para-hydroxylation sites is 1. The molecule has 1 heterocycles. The molecule has 7 nitrogen and oxygen atoms in total. The lowest BCUT2D eigenvalue weighted by Gasteiger charge is -2.27. The van der Waals surface area contributed by atoms with Crippen molar-refractivity contribution in [2.24, 2.45) is 0 Å². The van der Waals surface area contributed by atoms with Crippen LogP contribution in [0.2, 0.25) is 0 Å². The van der Waals surface area contributed by atoms with Crippen LogP contribution in [0.25, 0.3) is 0 Å². The molecule has 112 valence electrons. The predicted molar refractivity (Wildman–Crippen MR) is 74.4 cm³/mol. The number of nitrogens with one attached hydrogen (secondary N) is 1. The van der Waals surface area contributed by atoms with E-state index < -0.39 is 18.0 Å². The molecule has 0 saturated heterocycles. The summed E-state index contributed by atoms with van der Waals surface area (Å²) in [7, 11) is 0. The van der Waals surface area contributed by atoms with E-state index in [0.29, 0.717) is 5.69 Å². The fourth-order valence-electron chi connectivity index (χ4n) is 2.06. The number of aliphatic carboxylic acids is 1. The average molecular weight is 292 g/mol. The van der Waals surface area contributed by atoms with Crippen LogP contribution in [0.15, 0.2) is 18.2 Å². The van der Waals surface area contributed by atoms with Gasteiger partial charge in [-0.3, -0.25) is 14.4 Å². The van der Waals surface area contributed by atoms with Gasteiger partial charge in [0.15, 0.2) is 11.9 Å². The van der Waals surface area contributed by atoms with Crippen molar-refractivity contribution in [3.05, 3.63) is 23.8 Å². The quantitative estimate of drug-likeness (QED) is 0.861. The summed E-state index contributed by atoms with van der Waals surface area (Å²) in [5, 5.41) is 11.5. The molecule has 0 radical (unpaired) electrons. The van der Waals surface area contributed by atoms with Gasteiger partial charge in [-0.05, 0) is 26.0 Å². The van der Waals surface area contributed by atoms with E-state index in [-0.39, 0.29) is 30.3 Å². The third-order valence-corrected chi connectivity index (χ3v) is 3.16. The fraction of sp³-hybridized carbons (Fsp3) is 0.357. The Hall–Kier alpha value is -2.57. The number of hydrogen-bond donors (Lipinski definition) is 2. The first kappa shape index (κ1) is 14.8. The first-order valence-corrected chi connectivity index (χ1v) is 6.55. The number of carboxylic acids is 1. The zero-order valence-corrected chi connectivity index (χ0v) is 11.8. The van der Waals surface area contributed by atoms with Gasteiger partial charge in [0.1, 0.15) is 6.54 Å². The summed E-state index contributed by atoms with van der Waals surface area (Å²) in [6, 6.07) is 4.79. The Balaban J connectivity index is 2.36. The van der Waals surface area contributed by atoms with Crippen LogP contribution in [0.5, 0.6) is 5.75 Å². The van der Waals surface area contributed by atoms with Crippen LogP contribution in [0, 0.1) is 0 Å². The minimum absolute atomic E-state index is 0.238. The summed E-state index contributed by atoms with van der Waals surface area (Å²) in [6.45, 7) is 3.15. The average Bonchev–Trinajstić information content (AvgIpc) is 2.44. The van der Waals surface area contributed by atoms with Crippen LogP contribution < -0.4 is 10.1 Å². The summed E-state index contributed by atoms with van der Waals surface area (Å²) in [5.41, 5.74) is 0.651. The Labute approximate surface area is 121 Å². The zero-order valence-electron chi connectivity index (χ0n) is 11.8. The van der Waals surface area contributed by atoms with Crippen LogP contribution in [0.3, 0.4) is 0 Å². The second-order valence-corrected chi connectivity index (χ2v) is 4.64. The van der Waals surface area contributed by atoms with E-state index in [1.807, 2.05) is 0 Å². The molecule has 0 aromatic heterocycles. The van der Waals surface area contributed by atoms with Crippen LogP contribution in [-0.4, -0.2) is 47.0 Å². The van der Waals surface area contributed by atoms with Gasteiger partial charge in [-0.25, -0.2) is 0 Å². The zero-order chi connectivity index (χ0) is 15.6. The Bertz CT molecular complexity index is 599. The lowest BCUT2D eigenvalue weighted by Crippen LogP contribution is -2.38. The standard InChI is InChI=1S/C14H16N2O5/c1-3-16(7-11(17)18)14(20)9-5-4-6-10-12(9)21-8(2)13(19)15-10/h4-6,8H,3,7H2,1-2H3,(H,15,19)(H,17,18). The summed E-state index contributed by atoms with van der Waals surface area (Å²) in [4.78, 5) is 36.0. The van der Waals surface area contributed by atoms with E-state index in [2.05, 4.69) is 5.32 Å². The number of carbonyl (C=O) groups excluding carboxylic acids is 2. The summed E-state index contributed by atoms with van der Waals surface area (Å²) < 4.78 is 5.49. The number of fused-ring (bicyclic) bond motifs is 1. The topological polar surface area (TPSA) is 95.9 Å². The maximum absolute atomic E-state index is 12.4. The van der Waals surface area contributed by atoms with Crippen LogP contribution in [-0.2, 0) is 9.59 Å². The maximum Gasteiger partial charge on any atom is 0.323 e. The van der Waals surface area contributed by atoms with Crippen molar-refractivity contribution in [1.82, 2.24) is 4.90 Å². The van der Waals surface area contributed by atoms with E-state index in [9.17, 15) is 14.4 Å². The highest BCUT2D eigenvalue weighted by Crippen LogP contribution is 2.33. The SMILES string of the molecule is CCN(CC(=O)O)C(=O)c1cccc2c1OC(C)C(=O)N2. The third-order valence-electron chi connectivity index (χ3n) is 3.16. The molecule has 0 fully saturated rings. The molecule has 21 heavy (non-hydrogen) atoms. The number of carbonyl (C=O) groups is 3. The van der Waals surface area contributed by atoms with Crippen molar-refractivity contribution in [3.8, 4) is 5.75 Å². The van der Waals surface area contributed by atoms with E-state index in [0.717, 1.165) is 0 Å². The van der Waals surface area contributed by atoms with Gasteiger partial charge >= 0.3 is 5.97 Å². The monoisotopic (exact) mass is 292 g/mol. The molecule has 7 heteroatoms. The molecule has 1 aliphatic rings. The number of amides is 2. The number of anilines is 1. The van der Waals surface area contributed by atoms with Crippen LogP contribution in [0.1, 0.15) is 24.2 Å². The van der Waals surface area contributed by atoms with Crippen molar-refractivity contribution in [1.29, 1.82) is 0 Å². The highest BCUT2D eigenvalue weighted by molar-refractivity contribution is 6.04. The van der Waals surface area contributed by atoms with Gasteiger partial charge in [-0.2, -0.15) is 0 Å². The molecular weight excluding hydrogens is 276 g/mol. The molecule has 1 aromatic rings. The normalized spacial score (nSPS) is 16.5. The number of likely N-dealkylation sites (N-methyl/N-ethyl adjacent to an activating group) is 1. The first-order valence-electron chi connectivity index (χ1n) is 6.55. The molecule has 1 aliphatic heterocycles. The van der Waals surface area contributed by atoms with Crippen molar-refractivity contribution in [2.75, 3.05) is 18.4 Å². The number of benzene rings is 1. The fourth-order valence-corrected chi connectivity index (χ4v) is 2.06. The van der Waals surface area contributed by atoms with Gasteiger partial charge in [0.05, 0.1) is 11.3 Å². The van der Waals surface area contributed by atoms with Crippen molar-refractivity contribution >= 4 is 23.5 Å². The molecule has 0 aliphatic carbocycles. The molecule has 0 spiro atoms. The molecule has 0 bridgehead atoms. The molecule has 0 saturated carbocycles. The number of rotatable bonds is 4. The number of nitrogens with zero attached hydrogens (tertiary/aromatic N) is 1. The van der Waals surface area contributed by atoms with Crippen LogP contribution in [0.4, 0.5) is 5.69 Å². The van der Waals surface area contributed by atoms with E-state index in [1.54, 1.807) is 32.0 Å². The highest BCUT2D eigenvalue weighted by Gasteiger charge is 2.29. The van der Waals surface area contributed by atoms with E-state index in [4.69, 9.17) is 9.84 Å². The molecule has 1 unspecified atom stereocenters. The Kier molecular flexibility index (Phi) is 4.11. The Morgan fingerprint density at radius 1 is 1.43 bits per heavy atom. The number of carboxylic acid groups (broad SMARTS) is 1. The number of hydrogen-bond acceptors (Lipinski definition) is 4. The van der Waals surface area contributed by atoms with Gasteiger partial charge in [-0.15, -0.1) is 0 Å². The molecule has 1 aromatic carbocycles. The van der Waals surface area contributed by atoms with Gasteiger partial charge in [0.2, 0.25) is 0 Å². The summed E-state index contributed by atoms with van der Waals surface area (Å²) in [6.07, 6.45) is -0.707. The molecule has 2 rings (SSSR count). The van der Waals surface area contributed by atoms with Gasteiger partial charge in [0.25, 0.3) is 11.8 Å². The minimum Gasteiger partial charge on any atom is -0.480 e. The van der Waals surface area contributed by atoms with Crippen molar-refractivity contribution < 1.29 is 24.2 Å². The lowest BCUT2D eigenvalue weighted by molar-refractivity contribution is -0.137. The Morgan fingerprint density at radius 2 is 2.14 bits per heavy atom. The van der Waals surface area contributed by atoms with Crippen molar-refractivity contribution in [3.63, 3.8) is 0 Å². The molecule has 2 N–H and O–H groups in total. The second-order valence-electron chi connectivity index (χ2n) is 4.64. The highest BCUT2D eigenvalue weighted by atomic mass is 16.5. The molecular formula is C14H16N2O5. The summed E-state index contributed by atoms with van der Waals surface area (Å²) in [5.74, 6) is -1.54. The molecule has 1 atom stereocenters. The smallest absolute Gasteiger partial charge is 0.323 e. The van der Waals surface area contributed by atoms with Crippen LogP contribution >= 0.6 is 0 Å². The van der Waals surface area contributed by atoms with Gasteiger partial charge in [0, 0.05) is 6.54 Å². The predicted octanol–water partition coefficient (Wildman–Crippen LogP) is 0.953. The number of ether oxygens (including phenoxy) is 1. The minimum atomic E-state index is -1.09. The third kappa shape index (κ3) is 2.96. The van der Waals surface area contributed by atoms with Gasteiger partial charge < -0.3 is 20.1 Å². The Morgan fingerprint density at radius 3 is 2.76 bits per heavy atom. The van der Waals surface area contributed by atoms with E-state index in [1.165, 1.54) is 4.90 Å². The van der Waals surface area contributed by atoms with Crippen molar-refractivity contribution in [2.45, 2.75) is 20.0 Å². The first-order chi connectivity index (χ1) is 9.93. The van der Waals surface area contributed by atoms with Gasteiger partial charge in [-0.1, -0.05) is 6.07 Å². The second kappa shape index (κ2) is 5.82. The largest absolute Gasteiger partial charge is 0.480 e. The van der Waals surface area contributed by atoms with E-state index >= 15 is 0 Å². The lowest BCUT2D eigenvalue weighted by atomic mass is 10.1. The maximum atomic E-state index is 12.4.